The van der Waals surface area contributed by atoms with Crippen LogP contribution in [0.15, 0.2) is 24.3 Å². The summed E-state index contributed by atoms with van der Waals surface area (Å²) in [6.45, 7) is 0.732. The summed E-state index contributed by atoms with van der Waals surface area (Å²) in [4.78, 5) is 6.52. The standard InChI is InChI=1S/C11H11N3S/c1-14(8-4-7-12)11-13-9-5-2-3-6-10(9)15-11/h2-3,5-6H,4,8H2,1H3. The molecule has 1 aromatic heterocycles. The number of nitrogens with zero attached hydrogens (tertiary/aromatic N) is 3. The molecule has 2 rings (SSSR count). The number of anilines is 1. The molecule has 0 fully saturated rings. The Kier molecular flexibility index (Phi) is 2.84. The van der Waals surface area contributed by atoms with Crippen molar-refractivity contribution in [3.8, 4) is 6.07 Å². The Morgan fingerprint density at radius 2 is 2.27 bits per heavy atom. The molecule has 2 aromatic rings. The Morgan fingerprint density at radius 3 is 3.00 bits per heavy atom. The Balaban J connectivity index is 2.25. The van der Waals surface area contributed by atoms with Gasteiger partial charge in [0.15, 0.2) is 5.13 Å². The predicted octanol–water partition coefficient (Wildman–Crippen LogP) is 2.65. The molecular weight excluding hydrogens is 206 g/mol. The second kappa shape index (κ2) is 4.28. The summed E-state index contributed by atoms with van der Waals surface area (Å²) < 4.78 is 1.19. The van der Waals surface area contributed by atoms with Gasteiger partial charge in [0.2, 0.25) is 0 Å². The number of nitriles is 1. The first kappa shape index (κ1) is 9.94. The zero-order valence-electron chi connectivity index (χ0n) is 8.47. The van der Waals surface area contributed by atoms with E-state index in [1.807, 2.05) is 30.1 Å². The molecule has 0 spiro atoms. The fourth-order valence-corrected chi connectivity index (χ4v) is 2.29. The predicted molar refractivity (Wildman–Crippen MR) is 63.1 cm³/mol. The summed E-state index contributed by atoms with van der Waals surface area (Å²) in [6, 6.07) is 10.2. The van der Waals surface area contributed by atoms with Gasteiger partial charge in [-0.15, -0.1) is 0 Å². The highest BCUT2D eigenvalue weighted by Gasteiger charge is 2.06. The second-order valence-electron chi connectivity index (χ2n) is 3.29. The van der Waals surface area contributed by atoms with Crippen molar-refractivity contribution in [1.82, 2.24) is 4.98 Å². The van der Waals surface area contributed by atoms with Gasteiger partial charge in [0, 0.05) is 13.6 Å². The summed E-state index contributed by atoms with van der Waals surface area (Å²) in [5, 5.41) is 9.49. The smallest absolute Gasteiger partial charge is 0.186 e. The first-order chi connectivity index (χ1) is 7.31. The zero-order chi connectivity index (χ0) is 10.7. The van der Waals surface area contributed by atoms with Gasteiger partial charge in [-0.05, 0) is 12.1 Å². The highest BCUT2D eigenvalue weighted by molar-refractivity contribution is 7.22. The second-order valence-corrected chi connectivity index (χ2v) is 4.30. The van der Waals surface area contributed by atoms with Crippen molar-refractivity contribution in [2.24, 2.45) is 0 Å². The molecule has 0 N–H and O–H groups in total. The van der Waals surface area contributed by atoms with Gasteiger partial charge in [0.1, 0.15) is 0 Å². The largest absolute Gasteiger partial charge is 0.350 e. The molecule has 0 unspecified atom stereocenters. The SMILES string of the molecule is CN(CCC#N)c1nc2ccccc2s1. The summed E-state index contributed by atoms with van der Waals surface area (Å²) >= 11 is 1.66. The van der Waals surface area contributed by atoms with Crippen LogP contribution in [-0.4, -0.2) is 18.6 Å². The van der Waals surface area contributed by atoms with Crippen molar-refractivity contribution >= 4 is 26.7 Å². The Bertz CT molecular complexity index is 465. The average molecular weight is 217 g/mol. The minimum absolute atomic E-state index is 0.534. The van der Waals surface area contributed by atoms with E-state index in [0.717, 1.165) is 17.2 Å². The normalized spacial score (nSPS) is 10.1. The molecule has 0 aliphatic heterocycles. The Hall–Kier alpha value is -1.60. The van der Waals surface area contributed by atoms with Crippen molar-refractivity contribution in [2.75, 3.05) is 18.5 Å². The number of fused-ring (bicyclic) bond motifs is 1. The topological polar surface area (TPSA) is 39.9 Å². The maximum Gasteiger partial charge on any atom is 0.186 e. The molecule has 0 saturated heterocycles. The first-order valence-corrected chi connectivity index (χ1v) is 5.56. The van der Waals surface area contributed by atoms with Crippen LogP contribution in [0.25, 0.3) is 10.2 Å². The van der Waals surface area contributed by atoms with Gasteiger partial charge in [0.05, 0.1) is 22.7 Å². The van der Waals surface area contributed by atoms with Crippen molar-refractivity contribution < 1.29 is 0 Å². The average Bonchev–Trinajstić information content (AvgIpc) is 2.69. The Morgan fingerprint density at radius 1 is 1.47 bits per heavy atom. The molecule has 1 heterocycles. The molecule has 0 bridgehead atoms. The lowest BCUT2D eigenvalue weighted by Crippen LogP contribution is -2.17. The van der Waals surface area contributed by atoms with Crippen molar-refractivity contribution in [3.05, 3.63) is 24.3 Å². The highest BCUT2D eigenvalue weighted by Crippen LogP contribution is 2.27. The summed E-state index contributed by atoms with van der Waals surface area (Å²) in [5.74, 6) is 0. The van der Waals surface area contributed by atoms with E-state index < -0.39 is 0 Å². The van der Waals surface area contributed by atoms with Crippen LogP contribution in [0.5, 0.6) is 0 Å². The molecule has 0 amide bonds. The third-order valence-corrected chi connectivity index (χ3v) is 3.32. The van der Waals surface area contributed by atoms with E-state index in [2.05, 4.69) is 17.1 Å². The van der Waals surface area contributed by atoms with Gasteiger partial charge in [0.25, 0.3) is 0 Å². The molecule has 15 heavy (non-hydrogen) atoms. The van der Waals surface area contributed by atoms with E-state index >= 15 is 0 Å². The molecule has 0 aliphatic carbocycles. The minimum Gasteiger partial charge on any atom is -0.350 e. The van der Waals surface area contributed by atoms with Crippen LogP contribution >= 0.6 is 11.3 Å². The fourth-order valence-electron chi connectivity index (χ4n) is 1.34. The fraction of sp³-hybridized carbons (Fsp3) is 0.273. The van der Waals surface area contributed by atoms with Crippen molar-refractivity contribution in [3.63, 3.8) is 0 Å². The van der Waals surface area contributed by atoms with E-state index in [1.54, 1.807) is 11.3 Å². The van der Waals surface area contributed by atoms with E-state index in [0.29, 0.717) is 6.42 Å². The van der Waals surface area contributed by atoms with E-state index in [9.17, 15) is 0 Å². The van der Waals surface area contributed by atoms with E-state index in [4.69, 9.17) is 5.26 Å². The summed E-state index contributed by atoms with van der Waals surface area (Å²) in [6.07, 6.45) is 0.534. The third kappa shape index (κ3) is 2.08. The Labute approximate surface area is 92.6 Å². The lowest BCUT2D eigenvalue weighted by molar-refractivity contribution is 0.901. The van der Waals surface area contributed by atoms with Crippen LogP contribution in [-0.2, 0) is 0 Å². The van der Waals surface area contributed by atoms with E-state index in [1.165, 1.54) is 4.70 Å². The maximum absolute atomic E-state index is 8.51. The third-order valence-electron chi connectivity index (χ3n) is 2.17. The lowest BCUT2D eigenvalue weighted by atomic mass is 10.3. The van der Waals surface area contributed by atoms with Crippen LogP contribution in [0.4, 0.5) is 5.13 Å². The number of hydrogen-bond acceptors (Lipinski definition) is 4. The number of para-hydroxylation sites is 1. The monoisotopic (exact) mass is 217 g/mol. The van der Waals surface area contributed by atoms with Crippen LogP contribution in [0.3, 0.4) is 0 Å². The van der Waals surface area contributed by atoms with Gasteiger partial charge in [-0.2, -0.15) is 5.26 Å². The molecule has 0 saturated carbocycles. The number of hydrogen-bond donors (Lipinski definition) is 0. The molecule has 3 nitrogen and oxygen atoms in total. The molecule has 76 valence electrons. The van der Waals surface area contributed by atoms with Gasteiger partial charge in [-0.1, -0.05) is 23.5 Å². The maximum atomic E-state index is 8.51. The molecule has 0 radical (unpaired) electrons. The van der Waals surface area contributed by atoms with E-state index in [-0.39, 0.29) is 0 Å². The van der Waals surface area contributed by atoms with Gasteiger partial charge in [-0.25, -0.2) is 4.98 Å². The summed E-state index contributed by atoms with van der Waals surface area (Å²) in [5.41, 5.74) is 1.03. The summed E-state index contributed by atoms with van der Waals surface area (Å²) in [7, 11) is 1.97. The molecular formula is C11H11N3S. The van der Waals surface area contributed by atoms with Crippen LogP contribution in [0, 0.1) is 11.3 Å². The van der Waals surface area contributed by atoms with Crippen LogP contribution in [0.2, 0.25) is 0 Å². The first-order valence-electron chi connectivity index (χ1n) is 4.75. The number of aromatic nitrogens is 1. The van der Waals surface area contributed by atoms with Crippen molar-refractivity contribution in [2.45, 2.75) is 6.42 Å². The van der Waals surface area contributed by atoms with Crippen LogP contribution in [0.1, 0.15) is 6.42 Å². The molecule has 0 atom stereocenters. The number of thiazole rings is 1. The molecule has 4 heteroatoms. The molecule has 0 aliphatic rings. The lowest BCUT2D eigenvalue weighted by Gasteiger charge is -2.12. The zero-order valence-corrected chi connectivity index (χ0v) is 9.29. The molecule has 1 aromatic carbocycles. The van der Waals surface area contributed by atoms with Gasteiger partial charge in [-0.3, -0.25) is 0 Å². The number of rotatable bonds is 3. The van der Waals surface area contributed by atoms with Gasteiger partial charge < -0.3 is 4.90 Å². The van der Waals surface area contributed by atoms with Gasteiger partial charge >= 0.3 is 0 Å². The quantitative estimate of drug-likeness (QED) is 0.793. The number of benzene rings is 1. The van der Waals surface area contributed by atoms with Crippen LogP contribution < -0.4 is 4.90 Å². The van der Waals surface area contributed by atoms with Crippen molar-refractivity contribution in [1.29, 1.82) is 5.26 Å². The minimum atomic E-state index is 0.534. The highest BCUT2D eigenvalue weighted by atomic mass is 32.1.